The van der Waals surface area contributed by atoms with Crippen LogP contribution in [-0.2, 0) is 16.0 Å². The average Bonchev–Trinajstić information content (AvgIpc) is 3.46. The van der Waals surface area contributed by atoms with Crippen molar-refractivity contribution in [2.24, 2.45) is 0 Å². The number of Topliss-reactive ketones (excluding diaryl/α,β-unsaturated/α-hetero) is 1. The largest absolute Gasteiger partial charge is 0.507 e. The predicted octanol–water partition coefficient (Wildman–Crippen LogP) is 4.32. The van der Waals surface area contributed by atoms with Gasteiger partial charge in [-0.25, -0.2) is 0 Å². The van der Waals surface area contributed by atoms with Crippen LogP contribution in [0, 0.1) is 6.92 Å². The number of aliphatic hydroxyl groups is 1. The van der Waals surface area contributed by atoms with E-state index in [-0.39, 0.29) is 22.8 Å². The van der Waals surface area contributed by atoms with Gasteiger partial charge in [-0.2, -0.15) is 0 Å². The van der Waals surface area contributed by atoms with Crippen LogP contribution in [0.5, 0.6) is 11.5 Å². The number of fused-ring (bicyclic) bond motifs is 1. The summed E-state index contributed by atoms with van der Waals surface area (Å²) in [6.07, 6.45) is 0.718. The Balaban J connectivity index is 1.73. The number of carbonyl (C=O) groups is 2. The SMILES string of the molecule is Cc1ccsc1C1/C(=C(/O)c2ccc3c(c2)CCO3)C(=O)C(=O)N1c1ccccc1O. The molecule has 1 amide bonds. The number of thiophene rings is 1. The third-order valence-electron chi connectivity index (χ3n) is 5.70. The fraction of sp³-hybridized carbons (Fsp3) is 0.167. The van der Waals surface area contributed by atoms with E-state index in [4.69, 9.17) is 4.74 Å². The number of aryl methyl sites for hydroxylation is 1. The van der Waals surface area contributed by atoms with Gasteiger partial charge < -0.3 is 14.9 Å². The van der Waals surface area contributed by atoms with Crippen LogP contribution in [0.2, 0.25) is 0 Å². The molecule has 1 saturated heterocycles. The highest BCUT2D eigenvalue weighted by atomic mass is 32.1. The molecular formula is C24H19NO5S. The van der Waals surface area contributed by atoms with Gasteiger partial charge in [-0.1, -0.05) is 12.1 Å². The Morgan fingerprint density at radius 3 is 2.71 bits per heavy atom. The molecule has 0 radical (unpaired) electrons. The number of ether oxygens (including phenoxy) is 1. The van der Waals surface area contributed by atoms with E-state index in [2.05, 4.69) is 0 Å². The Labute approximate surface area is 182 Å². The second-order valence-electron chi connectivity index (χ2n) is 7.55. The zero-order valence-electron chi connectivity index (χ0n) is 16.7. The minimum Gasteiger partial charge on any atom is -0.507 e. The Morgan fingerprint density at radius 2 is 1.97 bits per heavy atom. The number of rotatable bonds is 3. The summed E-state index contributed by atoms with van der Waals surface area (Å²) in [4.78, 5) is 28.3. The van der Waals surface area contributed by atoms with Crippen LogP contribution >= 0.6 is 11.3 Å². The molecule has 1 atom stereocenters. The van der Waals surface area contributed by atoms with Crippen LogP contribution < -0.4 is 9.64 Å². The van der Waals surface area contributed by atoms with Crippen molar-refractivity contribution < 1.29 is 24.5 Å². The topological polar surface area (TPSA) is 87.1 Å². The fourth-order valence-corrected chi connectivity index (χ4v) is 5.18. The number of phenols is 1. The first-order valence-electron chi connectivity index (χ1n) is 9.86. The summed E-state index contributed by atoms with van der Waals surface area (Å²) in [5.41, 5.74) is 2.54. The number of ketones is 1. The standard InChI is InChI=1S/C24H19NO5S/c1-13-9-11-31-23(13)20-19(21(27)15-6-7-18-14(12-15)8-10-30-18)22(28)24(29)25(20)16-4-2-3-5-17(16)26/h2-7,9,11-12,20,26-27H,8,10H2,1H3/b21-19-. The number of hydrogen-bond acceptors (Lipinski definition) is 6. The van der Waals surface area contributed by atoms with Crippen LogP contribution in [0.25, 0.3) is 5.76 Å². The van der Waals surface area contributed by atoms with E-state index in [1.165, 1.54) is 22.3 Å². The molecule has 1 unspecified atom stereocenters. The van der Waals surface area contributed by atoms with Crippen LogP contribution in [-0.4, -0.2) is 28.5 Å². The number of para-hydroxylation sites is 2. The highest BCUT2D eigenvalue weighted by Gasteiger charge is 2.48. The molecule has 0 bridgehead atoms. The second kappa shape index (κ2) is 7.28. The smallest absolute Gasteiger partial charge is 0.300 e. The number of phenolic OH excluding ortho intramolecular Hbond substituents is 1. The molecule has 2 aliphatic heterocycles. The summed E-state index contributed by atoms with van der Waals surface area (Å²) in [7, 11) is 0. The number of aliphatic hydroxyl groups excluding tert-OH is 1. The van der Waals surface area contributed by atoms with E-state index in [9.17, 15) is 19.8 Å². The van der Waals surface area contributed by atoms with Gasteiger partial charge in [0.1, 0.15) is 23.3 Å². The van der Waals surface area contributed by atoms with E-state index in [1.54, 1.807) is 36.4 Å². The molecule has 3 heterocycles. The van der Waals surface area contributed by atoms with E-state index in [1.807, 2.05) is 18.4 Å². The second-order valence-corrected chi connectivity index (χ2v) is 8.49. The molecule has 31 heavy (non-hydrogen) atoms. The molecule has 0 saturated carbocycles. The molecule has 1 aromatic heterocycles. The molecule has 3 aromatic rings. The van der Waals surface area contributed by atoms with Gasteiger partial charge >= 0.3 is 0 Å². The number of benzene rings is 2. The highest BCUT2D eigenvalue weighted by molar-refractivity contribution is 7.10. The first-order valence-corrected chi connectivity index (χ1v) is 10.7. The minimum atomic E-state index is -0.835. The maximum atomic E-state index is 13.2. The van der Waals surface area contributed by atoms with Crippen LogP contribution in [0.4, 0.5) is 5.69 Å². The zero-order chi connectivity index (χ0) is 21.7. The van der Waals surface area contributed by atoms with Crippen LogP contribution in [0.3, 0.4) is 0 Å². The first-order chi connectivity index (χ1) is 15.0. The molecule has 1 fully saturated rings. The first kappa shape index (κ1) is 19.4. The van der Waals surface area contributed by atoms with Gasteiger partial charge in [0.2, 0.25) is 0 Å². The van der Waals surface area contributed by atoms with Gasteiger partial charge in [0, 0.05) is 16.9 Å². The van der Waals surface area contributed by atoms with Crippen molar-refractivity contribution >= 4 is 34.5 Å². The quantitative estimate of drug-likeness (QED) is 0.365. The van der Waals surface area contributed by atoms with Gasteiger partial charge in [-0.15, -0.1) is 11.3 Å². The monoisotopic (exact) mass is 433 g/mol. The van der Waals surface area contributed by atoms with Crippen molar-refractivity contribution in [3.63, 3.8) is 0 Å². The Hall–Kier alpha value is -3.58. The normalized spacial score (nSPS) is 19.5. The van der Waals surface area contributed by atoms with Gasteiger partial charge in [-0.3, -0.25) is 14.5 Å². The predicted molar refractivity (Wildman–Crippen MR) is 118 cm³/mol. The number of hydrogen-bond donors (Lipinski definition) is 2. The number of aromatic hydroxyl groups is 1. The number of anilines is 1. The van der Waals surface area contributed by atoms with Crippen LogP contribution in [0.1, 0.15) is 27.6 Å². The highest BCUT2D eigenvalue weighted by Crippen LogP contribution is 2.47. The molecule has 0 spiro atoms. The number of nitrogens with zero attached hydrogens (tertiary/aromatic N) is 1. The van der Waals surface area contributed by atoms with E-state index in [0.29, 0.717) is 12.2 Å². The van der Waals surface area contributed by atoms with Gasteiger partial charge in [0.25, 0.3) is 11.7 Å². The van der Waals surface area contributed by atoms with Gasteiger partial charge in [0.15, 0.2) is 0 Å². The third kappa shape index (κ3) is 3.00. The Bertz CT molecular complexity index is 1260. The summed E-state index contributed by atoms with van der Waals surface area (Å²) in [6.45, 7) is 2.47. The molecule has 7 heteroatoms. The molecule has 0 aliphatic carbocycles. The van der Waals surface area contributed by atoms with Crippen molar-refractivity contribution in [1.82, 2.24) is 0 Å². The lowest BCUT2D eigenvalue weighted by Gasteiger charge is -2.25. The van der Waals surface area contributed by atoms with Crippen molar-refractivity contribution in [1.29, 1.82) is 0 Å². The number of amides is 1. The maximum Gasteiger partial charge on any atom is 0.300 e. The molecule has 2 N–H and O–H groups in total. The average molecular weight is 433 g/mol. The fourth-order valence-electron chi connectivity index (χ4n) is 4.15. The maximum absolute atomic E-state index is 13.2. The summed E-state index contributed by atoms with van der Waals surface area (Å²) in [5.74, 6) is -1.15. The number of carbonyl (C=O) groups excluding carboxylic acids is 2. The molecular weight excluding hydrogens is 414 g/mol. The molecule has 6 nitrogen and oxygen atoms in total. The lowest BCUT2D eigenvalue weighted by Crippen LogP contribution is -2.29. The van der Waals surface area contributed by atoms with E-state index < -0.39 is 17.7 Å². The van der Waals surface area contributed by atoms with Gasteiger partial charge in [-0.05, 0) is 59.8 Å². The van der Waals surface area contributed by atoms with E-state index >= 15 is 0 Å². The Morgan fingerprint density at radius 1 is 1.16 bits per heavy atom. The molecule has 5 rings (SSSR count). The van der Waals surface area contributed by atoms with Gasteiger partial charge in [0.05, 0.1) is 17.9 Å². The van der Waals surface area contributed by atoms with Crippen molar-refractivity contribution in [3.8, 4) is 11.5 Å². The van der Waals surface area contributed by atoms with Crippen molar-refractivity contribution in [3.05, 3.63) is 81.1 Å². The third-order valence-corrected chi connectivity index (χ3v) is 6.77. The van der Waals surface area contributed by atoms with E-state index in [0.717, 1.165) is 28.2 Å². The lowest BCUT2D eigenvalue weighted by molar-refractivity contribution is -0.132. The minimum absolute atomic E-state index is 0.0117. The molecule has 2 aliphatic rings. The molecule has 2 aromatic carbocycles. The summed E-state index contributed by atoms with van der Waals surface area (Å²) in [6, 6.07) is 12.7. The summed E-state index contributed by atoms with van der Waals surface area (Å²) >= 11 is 1.40. The zero-order valence-corrected chi connectivity index (χ0v) is 17.5. The summed E-state index contributed by atoms with van der Waals surface area (Å²) < 4.78 is 5.53. The van der Waals surface area contributed by atoms with Crippen LogP contribution in [0.15, 0.2) is 59.5 Å². The van der Waals surface area contributed by atoms with Crippen molar-refractivity contribution in [2.75, 3.05) is 11.5 Å². The van der Waals surface area contributed by atoms with Crippen molar-refractivity contribution in [2.45, 2.75) is 19.4 Å². The molecule has 156 valence electrons. The summed E-state index contributed by atoms with van der Waals surface area (Å²) in [5, 5.41) is 23.5. The Kier molecular flexibility index (Phi) is 4.55. The lowest BCUT2D eigenvalue weighted by atomic mass is 9.97.